The van der Waals surface area contributed by atoms with Crippen molar-refractivity contribution < 1.29 is 79.5 Å². The van der Waals surface area contributed by atoms with Gasteiger partial charge in [-0.3, -0.25) is 19.2 Å². The fraction of sp³-hybridized carbons (Fsp3) is 0.400. The van der Waals surface area contributed by atoms with Crippen LogP contribution in [0.5, 0.6) is 0 Å². The van der Waals surface area contributed by atoms with Gasteiger partial charge in [0, 0.05) is 0 Å². The van der Waals surface area contributed by atoms with Crippen molar-refractivity contribution in [1.29, 1.82) is 0 Å². The summed E-state index contributed by atoms with van der Waals surface area (Å²) < 4.78 is 0. The first-order chi connectivity index (χ1) is 12.5. The quantitative estimate of drug-likeness (QED) is 0.294. The van der Waals surface area contributed by atoms with Crippen LogP contribution in [-0.2, 0) is 19.2 Å². The maximum absolute atomic E-state index is 9.98. The van der Waals surface area contributed by atoms with Gasteiger partial charge >= 0.3 is 39.9 Å². The Bertz CT molecular complexity index is 513. The summed E-state index contributed by atoms with van der Waals surface area (Å²) in [5.74, 6) is -1.50. The third-order valence-corrected chi connectivity index (χ3v) is 1.63. The first-order valence-electron chi connectivity index (χ1n) is 7.94. The Labute approximate surface area is 204 Å². The van der Waals surface area contributed by atoms with Crippen LogP contribution in [0.2, 0.25) is 0 Å². The summed E-state index contributed by atoms with van der Waals surface area (Å²) in [5, 5.41) is 39.9. The van der Waals surface area contributed by atoms with Crippen LogP contribution < -0.4 is 20.4 Å². The molecule has 0 aromatic rings. The van der Waals surface area contributed by atoms with Crippen molar-refractivity contribution in [3.05, 3.63) is 47.3 Å². The average Bonchev–Trinajstić information content (AvgIpc) is 2.32. The molecule has 0 aliphatic heterocycles. The van der Waals surface area contributed by atoms with Crippen LogP contribution in [0.15, 0.2) is 47.3 Å². The molecule has 0 atom stereocenters. The van der Waals surface area contributed by atoms with E-state index in [1.807, 2.05) is 0 Å². The Kier molecular flexibility index (Phi) is 31.6. The van der Waals surface area contributed by atoms with E-state index in [1.165, 1.54) is 55.4 Å². The number of carbonyl (C=O) groups excluding carboxylic acids is 4. The number of hydrogen-bond acceptors (Lipinski definition) is 8. The number of ketones is 4. The van der Waals surface area contributed by atoms with Gasteiger partial charge in [-0.1, -0.05) is 27.7 Å². The molecule has 8 nitrogen and oxygen atoms in total. The third-order valence-electron chi connectivity index (χ3n) is 1.63. The van der Waals surface area contributed by atoms with Gasteiger partial charge in [0.1, 0.15) is 0 Å². The Morgan fingerprint density at radius 2 is 0.517 bits per heavy atom. The normalized spacial score (nSPS) is 11.0. The molecule has 0 unspecified atom stereocenters. The fourth-order valence-corrected chi connectivity index (χ4v) is 1.14. The average molecular weight is 628 g/mol. The van der Waals surface area contributed by atoms with Crippen molar-refractivity contribution in [3.8, 4) is 0 Å². The van der Waals surface area contributed by atoms with Gasteiger partial charge in [-0.2, -0.15) is 0 Å². The summed E-state index contributed by atoms with van der Waals surface area (Å²) in [6.07, 6.45) is 4.22. The Morgan fingerprint density at radius 3 is 0.517 bits per heavy atom. The van der Waals surface area contributed by atoms with Crippen molar-refractivity contribution in [2.75, 3.05) is 0 Å². The van der Waals surface area contributed by atoms with Gasteiger partial charge in [0.15, 0.2) is 23.1 Å². The van der Waals surface area contributed by atoms with Gasteiger partial charge in [0.25, 0.3) is 0 Å². The Balaban J connectivity index is -0.0000000873. The van der Waals surface area contributed by atoms with Gasteiger partial charge in [0.05, 0.1) is 0 Å². The summed E-state index contributed by atoms with van der Waals surface area (Å²) in [5.41, 5.74) is 0. The molecule has 0 N–H and O–H groups in total. The van der Waals surface area contributed by atoms with Crippen LogP contribution >= 0.6 is 0 Å². The monoisotopic (exact) mass is 628 g/mol. The van der Waals surface area contributed by atoms with E-state index < -0.39 is 0 Å². The second kappa shape index (κ2) is 24.2. The maximum atomic E-state index is 9.98. The molecule has 0 aromatic heterocycles. The zero-order valence-corrected chi connectivity index (χ0v) is 22.2. The SMILES string of the molecule is CC(=O)/C=C(/C)[O-].CC(=O)/C=C(/C)[O-].CC(=O)/C=C(/C)[O-].CC(=O)/C=C(/C)[O-].[Th+4]. The van der Waals surface area contributed by atoms with Gasteiger partial charge < -0.3 is 20.4 Å². The molecule has 0 saturated heterocycles. The van der Waals surface area contributed by atoms with E-state index in [2.05, 4.69) is 0 Å². The second-order valence-corrected chi connectivity index (χ2v) is 5.46. The molecule has 9 heteroatoms. The zero-order valence-electron chi connectivity index (χ0n) is 18.1. The van der Waals surface area contributed by atoms with Crippen molar-refractivity contribution in [2.24, 2.45) is 0 Å². The van der Waals surface area contributed by atoms with E-state index in [0.717, 1.165) is 24.3 Å². The van der Waals surface area contributed by atoms with Crippen molar-refractivity contribution in [3.63, 3.8) is 0 Å². The predicted octanol–water partition coefficient (Wildman–Crippen LogP) is -0.642. The van der Waals surface area contributed by atoms with Crippen molar-refractivity contribution >= 4 is 23.1 Å². The zero-order chi connectivity index (χ0) is 23.4. The number of allylic oxidation sites excluding steroid dienone is 8. The predicted molar refractivity (Wildman–Crippen MR) is 97.8 cm³/mol. The molecule has 0 heterocycles. The second-order valence-electron chi connectivity index (χ2n) is 5.46. The van der Waals surface area contributed by atoms with E-state index in [4.69, 9.17) is 0 Å². The van der Waals surface area contributed by atoms with E-state index >= 15 is 0 Å². The molecule has 0 bridgehead atoms. The summed E-state index contributed by atoms with van der Waals surface area (Å²) in [6, 6.07) is 0. The standard InChI is InChI=1S/4C5H8O2.Th/c4*1-4(6)3-5(2)7;/h4*3,6H,1-2H3;/q;;;;+4/p-4/b4*4-3-;. The molecule has 0 spiro atoms. The van der Waals surface area contributed by atoms with Gasteiger partial charge in [0.2, 0.25) is 0 Å². The van der Waals surface area contributed by atoms with Crippen LogP contribution in [0.1, 0.15) is 55.4 Å². The third kappa shape index (κ3) is 76.1. The van der Waals surface area contributed by atoms with E-state index in [0.29, 0.717) is 0 Å². The summed E-state index contributed by atoms with van der Waals surface area (Å²) >= 11 is 0. The molecule has 0 amide bonds. The summed E-state index contributed by atoms with van der Waals surface area (Å²) in [7, 11) is 0. The first kappa shape index (κ1) is 37.9. The minimum absolute atomic E-state index is 0. The molecule has 0 aromatic carbocycles. The first-order valence-corrected chi connectivity index (χ1v) is 7.94. The van der Waals surface area contributed by atoms with Crippen LogP contribution in [0.25, 0.3) is 0 Å². The van der Waals surface area contributed by atoms with Crippen molar-refractivity contribution in [2.45, 2.75) is 55.4 Å². The number of hydrogen-bond donors (Lipinski definition) is 0. The fourth-order valence-electron chi connectivity index (χ4n) is 1.14. The van der Waals surface area contributed by atoms with Gasteiger partial charge in [-0.15, -0.1) is 23.0 Å². The van der Waals surface area contributed by atoms with E-state index in [-0.39, 0.29) is 86.1 Å². The van der Waals surface area contributed by atoms with Crippen molar-refractivity contribution in [1.82, 2.24) is 0 Å². The van der Waals surface area contributed by atoms with Crippen LogP contribution in [0, 0.1) is 39.9 Å². The molecule has 0 fully saturated rings. The molecule has 0 radical (unpaired) electrons. The molecular formula is C20H28O8Th. The van der Waals surface area contributed by atoms with Crippen LogP contribution in [-0.4, -0.2) is 23.1 Å². The number of rotatable bonds is 4. The molecule has 0 aliphatic rings. The van der Waals surface area contributed by atoms with Crippen LogP contribution in [0.3, 0.4) is 0 Å². The maximum Gasteiger partial charge on any atom is 4.00 e. The van der Waals surface area contributed by atoms with Gasteiger partial charge in [-0.25, -0.2) is 0 Å². The summed E-state index contributed by atoms with van der Waals surface area (Å²) in [4.78, 5) is 39.9. The Morgan fingerprint density at radius 1 is 0.414 bits per heavy atom. The molecule has 29 heavy (non-hydrogen) atoms. The minimum Gasteiger partial charge on any atom is -0.876 e. The minimum atomic E-state index is -0.187. The Hall–Kier alpha value is -1.84. The van der Waals surface area contributed by atoms with E-state index in [1.54, 1.807) is 0 Å². The topological polar surface area (TPSA) is 161 Å². The molecule has 160 valence electrons. The summed E-state index contributed by atoms with van der Waals surface area (Å²) in [6.45, 7) is 10.8. The molecule has 0 saturated carbocycles. The van der Waals surface area contributed by atoms with E-state index in [9.17, 15) is 39.6 Å². The molecule has 0 rings (SSSR count). The molecule has 0 aliphatic carbocycles. The van der Waals surface area contributed by atoms with Crippen LogP contribution in [0.4, 0.5) is 0 Å². The largest absolute Gasteiger partial charge is 4.00 e. The number of carbonyl (C=O) groups is 4. The smallest absolute Gasteiger partial charge is 0.876 e. The van der Waals surface area contributed by atoms with Gasteiger partial charge in [-0.05, 0) is 52.0 Å². The molecular weight excluding hydrogens is 600 g/mol.